The molecule has 0 aliphatic heterocycles. The molecule has 0 spiro atoms. The number of anilines is 1. The first kappa shape index (κ1) is 11.5. The monoisotopic (exact) mass is 297 g/mol. The molecule has 0 aliphatic carbocycles. The van der Waals surface area contributed by atoms with Gasteiger partial charge in [-0.25, -0.2) is 4.98 Å². The highest BCUT2D eigenvalue weighted by molar-refractivity contribution is 9.10. The molecule has 0 aliphatic rings. The number of thioether (sulfide) groups is 1. The Labute approximate surface area is 107 Å². The van der Waals surface area contributed by atoms with Gasteiger partial charge in [0.25, 0.3) is 0 Å². The Kier molecular flexibility index (Phi) is 3.56. The molecule has 0 radical (unpaired) electrons. The molecule has 0 fully saturated rings. The minimum atomic E-state index is 0.763. The first-order valence-corrected chi connectivity index (χ1v) is 6.81. The highest BCUT2D eigenvalue weighted by Gasteiger charge is 2.03. The van der Waals surface area contributed by atoms with Crippen LogP contribution in [0.2, 0.25) is 0 Å². The number of rotatable bonds is 3. The predicted octanol–water partition coefficient (Wildman–Crippen LogP) is 3.00. The number of imidazole rings is 1. The molecular weight excluding hydrogens is 286 g/mol. The van der Waals surface area contributed by atoms with E-state index in [0.717, 1.165) is 21.9 Å². The van der Waals surface area contributed by atoms with Crippen molar-refractivity contribution in [3.8, 4) is 0 Å². The summed E-state index contributed by atoms with van der Waals surface area (Å²) < 4.78 is 3.05. The zero-order valence-corrected chi connectivity index (χ0v) is 11.3. The molecule has 2 rings (SSSR count). The van der Waals surface area contributed by atoms with Crippen LogP contribution in [0.25, 0.3) is 0 Å². The predicted molar refractivity (Wildman–Crippen MR) is 71.7 cm³/mol. The summed E-state index contributed by atoms with van der Waals surface area (Å²) in [5, 5.41) is 1.02. The average molecular weight is 298 g/mol. The van der Waals surface area contributed by atoms with Crippen molar-refractivity contribution in [3.63, 3.8) is 0 Å². The summed E-state index contributed by atoms with van der Waals surface area (Å²) in [7, 11) is 0. The Hall–Kier alpha value is -0.940. The first-order chi connectivity index (χ1) is 7.70. The van der Waals surface area contributed by atoms with Gasteiger partial charge in [-0.3, -0.25) is 0 Å². The van der Waals surface area contributed by atoms with Crippen LogP contribution in [0.4, 0.5) is 5.69 Å². The van der Waals surface area contributed by atoms with Crippen LogP contribution in [0, 0.1) is 0 Å². The molecule has 1 aromatic carbocycles. The van der Waals surface area contributed by atoms with Crippen LogP contribution in [0.15, 0.2) is 40.2 Å². The fraction of sp³-hybridized carbons (Fsp3) is 0.182. The molecule has 3 nitrogen and oxygen atoms in total. The standard InChI is InChI=1S/C11H12BrN3S/c1-16-11-14-4-5-15(11)7-8-2-3-10(13)9(12)6-8/h2-6H,7,13H2,1H3. The lowest BCUT2D eigenvalue weighted by Crippen LogP contribution is -2.00. The summed E-state index contributed by atoms with van der Waals surface area (Å²) in [6, 6.07) is 5.98. The molecule has 0 amide bonds. The van der Waals surface area contributed by atoms with Crippen molar-refractivity contribution in [2.24, 2.45) is 0 Å². The Morgan fingerprint density at radius 3 is 3.00 bits per heavy atom. The van der Waals surface area contributed by atoms with Gasteiger partial charge in [0.05, 0.1) is 0 Å². The van der Waals surface area contributed by atoms with E-state index in [9.17, 15) is 0 Å². The third kappa shape index (κ3) is 2.41. The van der Waals surface area contributed by atoms with Gasteiger partial charge in [-0.05, 0) is 39.9 Å². The van der Waals surface area contributed by atoms with Crippen LogP contribution in [0.1, 0.15) is 5.56 Å². The highest BCUT2D eigenvalue weighted by Crippen LogP contribution is 2.22. The van der Waals surface area contributed by atoms with Crippen LogP contribution in [-0.4, -0.2) is 15.8 Å². The highest BCUT2D eigenvalue weighted by atomic mass is 79.9. The second-order valence-electron chi connectivity index (χ2n) is 3.40. The van der Waals surface area contributed by atoms with Gasteiger partial charge in [0.1, 0.15) is 0 Å². The van der Waals surface area contributed by atoms with Gasteiger partial charge in [0.2, 0.25) is 0 Å². The van der Waals surface area contributed by atoms with E-state index in [-0.39, 0.29) is 0 Å². The second-order valence-corrected chi connectivity index (χ2v) is 5.03. The molecule has 16 heavy (non-hydrogen) atoms. The van der Waals surface area contributed by atoms with Crippen LogP contribution in [0.3, 0.4) is 0 Å². The van der Waals surface area contributed by atoms with Gasteiger partial charge in [0, 0.05) is 29.1 Å². The Bertz CT molecular complexity index is 496. The molecule has 0 saturated heterocycles. The third-order valence-corrected chi connectivity index (χ3v) is 3.67. The number of hydrogen-bond acceptors (Lipinski definition) is 3. The van der Waals surface area contributed by atoms with E-state index >= 15 is 0 Å². The van der Waals surface area contributed by atoms with Crippen LogP contribution in [0.5, 0.6) is 0 Å². The summed E-state index contributed by atoms with van der Waals surface area (Å²) in [4.78, 5) is 4.26. The lowest BCUT2D eigenvalue weighted by Gasteiger charge is -2.07. The minimum Gasteiger partial charge on any atom is -0.398 e. The number of benzene rings is 1. The van der Waals surface area contributed by atoms with Crippen molar-refractivity contribution >= 4 is 33.4 Å². The number of nitrogens with zero attached hydrogens (tertiary/aromatic N) is 2. The van der Waals surface area contributed by atoms with E-state index < -0.39 is 0 Å². The number of hydrogen-bond donors (Lipinski definition) is 1. The van der Waals surface area contributed by atoms with Crippen LogP contribution >= 0.6 is 27.7 Å². The maximum absolute atomic E-state index is 5.75. The minimum absolute atomic E-state index is 0.763. The average Bonchev–Trinajstić information content (AvgIpc) is 2.71. The van der Waals surface area contributed by atoms with E-state index in [1.54, 1.807) is 11.8 Å². The number of halogens is 1. The van der Waals surface area contributed by atoms with Gasteiger partial charge < -0.3 is 10.3 Å². The van der Waals surface area contributed by atoms with Gasteiger partial charge in [-0.1, -0.05) is 17.8 Å². The van der Waals surface area contributed by atoms with Crippen LogP contribution in [-0.2, 0) is 6.54 Å². The Balaban J connectivity index is 2.24. The second kappa shape index (κ2) is 4.93. The largest absolute Gasteiger partial charge is 0.398 e. The summed E-state index contributed by atoms with van der Waals surface area (Å²) in [6.45, 7) is 0.815. The van der Waals surface area contributed by atoms with E-state index in [1.165, 1.54) is 5.56 Å². The van der Waals surface area contributed by atoms with E-state index in [1.807, 2.05) is 36.8 Å². The smallest absolute Gasteiger partial charge is 0.167 e. The molecule has 0 saturated carbocycles. The maximum atomic E-state index is 5.75. The molecule has 0 atom stereocenters. The van der Waals surface area contributed by atoms with Gasteiger partial charge in [0.15, 0.2) is 5.16 Å². The number of aromatic nitrogens is 2. The fourth-order valence-corrected chi connectivity index (χ4v) is 2.42. The number of nitrogen functional groups attached to an aromatic ring is 1. The van der Waals surface area contributed by atoms with Gasteiger partial charge >= 0.3 is 0 Å². The zero-order chi connectivity index (χ0) is 11.5. The van der Waals surface area contributed by atoms with Crippen LogP contribution < -0.4 is 5.73 Å². The maximum Gasteiger partial charge on any atom is 0.167 e. The third-order valence-electron chi connectivity index (χ3n) is 2.28. The summed E-state index contributed by atoms with van der Waals surface area (Å²) in [6.07, 6.45) is 5.83. The summed E-state index contributed by atoms with van der Waals surface area (Å²) >= 11 is 5.07. The Morgan fingerprint density at radius 1 is 1.50 bits per heavy atom. The van der Waals surface area contributed by atoms with Crippen molar-refractivity contribution in [1.82, 2.24) is 9.55 Å². The molecule has 5 heteroatoms. The number of nitrogens with two attached hydrogens (primary N) is 1. The molecule has 1 heterocycles. The fourth-order valence-electron chi connectivity index (χ4n) is 1.47. The SMILES string of the molecule is CSc1nccn1Cc1ccc(N)c(Br)c1. The lowest BCUT2D eigenvalue weighted by atomic mass is 10.2. The molecule has 0 bridgehead atoms. The van der Waals surface area contributed by atoms with Crippen molar-refractivity contribution < 1.29 is 0 Å². The van der Waals surface area contributed by atoms with Crippen molar-refractivity contribution in [1.29, 1.82) is 0 Å². The summed E-state index contributed by atoms with van der Waals surface area (Å²) in [5.41, 5.74) is 7.71. The lowest BCUT2D eigenvalue weighted by molar-refractivity contribution is 0.709. The van der Waals surface area contributed by atoms with E-state index in [2.05, 4.69) is 25.5 Å². The van der Waals surface area contributed by atoms with Crippen molar-refractivity contribution in [2.75, 3.05) is 12.0 Å². The molecule has 2 N–H and O–H groups in total. The van der Waals surface area contributed by atoms with Crippen molar-refractivity contribution in [3.05, 3.63) is 40.6 Å². The van der Waals surface area contributed by atoms with Gasteiger partial charge in [-0.2, -0.15) is 0 Å². The zero-order valence-electron chi connectivity index (χ0n) is 8.85. The quantitative estimate of drug-likeness (QED) is 0.700. The van der Waals surface area contributed by atoms with Gasteiger partial charge in [-0.15, -0.1) is 0 Å². The Morgan fingerprint density at radius 2 is 2.31 bits per heavy atom. The molecule has 1 aromatic heterocycles. The van der Waals surface area contributed by atoms with E-state index in [0.29, 0.717) is 0 Å². The normalized spacial score (nSPS) is 10.6. The molecular formula is C11H12BrN3S. The van der Waals surface area contributed by atoms with Crippen molar-refractivity contribution in [2.45, 2.75) is 11.7 Å². The topological polar surface area (TPSA) is 43.8 Å². The summed E-state index contributed by atoms with van der Waals surface area (Å²) in [5.74, 6) is 0. The molecule has 0 unspecified atom stereocenters. The molecule has 84 valence electrons. The first-order valence-electron chi connectivity index (χ1n) is 4.79. The molecule has 2 aromatic rings. The van der Waals surface area contributed by atoms with E-state index in [4.69, 9.17) is 5.73 Å².